The van der Waals surface area contributed by atoms with Crippen LogP contribution >= 0.6 is 11.8 Å². The molecule has 0 aliphatic carbocycles. The Morgan fingerprint density at radius 3 is 2.58 bits per heavy atom. The number of carbonyl (C=O) groups is 4. The molecular weight excluding hydrogens is 426 g/mol. The lowest BCUT2D eigenvalue weighted by atomic mass is 10.1. The zero-order valence-corrected chi connectivity index (χ0v) is 18.5. The van der Waals surface area contributed by atoms with E-state index in [4.69, 9.17) is 22.3 Å². The van der Waals surface area contributed by atoms with E-state index in [2.05, 4.69) is 15.6 Å². The summed E-state index contributed by atoms with van der Waals surface area (Å²) in [5.41, 5.74) is 16.5. The number of amides is 3. The number of carbonyl (C=O) groups excluding carboxylic acids is 3. The van der Waals surface area contributed by atoms with Crippen molar-refractivity contribution in [1.82, 2.24) is 15.5 Å². The molecule has 3 amide bonds. The Labute approximate surface area is 185 Å². The van der Waals surface area contributed by atoms with Crippen molar-refractivity contribution in [3.05, 3.63) is 0 Å². The second-order valence-corrected chi connectivity index (χ2v) is 8.19. The number of carboxylic acids is 1. The number of rotatable bonds is 13. The van der Waals surface area contributed by atoms with Crippen molar-refractivity contribution in [2.75, 3.05) is 31.6 Å². The van der Waals surface area contributed by atoms with Crippen LogP contribution in [0.4, 0.5) is 0 Å². The van der Waals surface area contributed by atoms with Gasteiger partial charge in [-0.3, -0.25) is 19.4 Å². The van der Waals surface area contributed by atoms with E-state index < -0.39 is 35.9 Å². The van der Waals surface area contributed by atoms with Crippen molar-refractivity contribution in [3.63, 3.8) is 0 Å². The lowest BCUT2D eigenvalue weighted by Gasteiger charge is -2.26. The van der Waals surface area contributed by atoms with Gasteiger partial charge in [-0.2, -0.15) is 11.8 Å². The van der Waals surface area contributed by atoms with Crippen LogP contribution in [0.5, 0.6) is 0 Å². The lowest BCUT2D eigenvalue weighted by Crippen LogP contribution is -2.53. The monoisotopic (exact) mass is 459 g/mol. The first-order chi connectivity index (χ1) is 14.7. The van der Waals surface area contributed by atoms with Gasteiger partial charge >= 0.3 is 5.97 Å². The Morgan fingerprint density at radius 2 is 1.97 bits per heavy atom. The fourth-order valence-corrected chi connectivity index (χ4v) is 3.65. The van der Waals surface area contributed by atoms with Crippen molar-refractivity contribution in [1.29, 1.82) is 0 Å². The van der Waals surface area contributed by atoms with E-state index >= 15 is 0 Å². The van der Waals surface area contributed by atoms with Gasteiger partial charge in [-0.1, -0.05) is 0 Å². The summed E-state index contributed by atoms with van der Waals surface area (Å²) in [6, 6.07) is -2.51. The van der Waals surface area contributed by atoms with Gasteiger partial charge in [0.15, 0.2) is 5.96 Å². The molecular formula is C18H33N7O5S. The summed E-state index contributed by atoms with van der Waals surface area (Å²) in [5.74, 6) is -1.99. The molecule has 0 spiro atoms. The predicted octanol–water partition coefficient (Wildman–Crippen LogP) is -2.20. The maximum Gasteiger partial charge on any atom is 0.326 e. The van der Waals surface area contributed by atoms with Gasteiger partial charge in [-0.05, 0) is 44.1 Å². The first kappa shape index (κ1) is 26.5. The smallest absolute Gasteiger partial charge is 0.326 e. The Morgan fingerprint density at radius 1 is 1.26 bits per heavy atom. The van der Waals surface area contributed by atoms with Gasteiger partial charge in [0.25, 0.3) is 0 Å². The average molecular weight is 460 g/mol. The van der Waals surface area contributed by atoms with Crippen LogP contribution in [-0.2, 0) is 19.2 Å². The summed E-state index contributed by atoms with van der Waals surface area (Å²) in [7, 11) is 0. The zero-order valence-electron chi connectivity index (χ0n) is 17.7. The quantitative estimate of drug-likeness (QED) is 0.100. The molecule has 1 heterocycles. The van der Waals surface area contributed by atoms with Gasteiger partial charge in [-0.25, -0.2) is 4.79 Å². The normalized spacial score (nSPS) is 17.5. The van der Waals surface area contributed by atoms with Gasteiger partial charge in [0.2, 0.25) is 17.7 Å². The predicted molar refractivity (Wildman–Crippen MR) is 118 cm³/mol. The first-order valence-corrected chi connectivity index (χ1v) is 11.5. The highest BCUT2D eigenvalue weighted by Gasteiger charge is 2.36. The number of aliphatic carboxylic acids is 1. The number of nitrogens with one attached hydrogen (secondary N) is 2. The van der Waals surface area contributed by atoms with Gasteiger partial charge in [0, 0.05) is 13.1 Å². The minimum Gasteiger partial charge on any atom is -0.480 e. The number of nitrogens with two attached hydrogens (primary N) is 3. The highest BCUT2D eigenvalue weighted by atomic mass is 32.2. The van der Waals surface area contributed by atoms with E-state index in [1.165, 1.54) is 16.7 Å². The molecule has 1 saturated heterocycles. The SMILES string of the molecule is CSCCC(NC(=O)CNC(=O)C1CCCN1C(=O)C(N)CCCN=C(N)N)C(=O)O. The summed E-state index contributed by atoms with van der Waals surface area (Å²) >= 11 is 1.47. The first-order valence-electron chi connectivity index (χ1n) is 10.1. The van der Waals surface area contributed by atoms with Crippen molar-refractivity contribution >= 4 is 41.4 Å². The van der Waals surface area contributed by atoms with Crippen molar-refractivity contribution in [2.24, 2.45) is 22.2 Å². The van der Waals surface area contributed by atoms with Gasteiger partial charge in [-0.15, -0.1) is 0 Å². The second-order valence-electron chi connectivity index (χ2n) is 7.20. The highest BCUT2D eigenvalue weighted by molar-refractivity contribution is 7.98. The summed E-state index contributed by atoms with van der Waals surface area (Å²) in [6.45, 7) is 0.391. The third-order valence-electron chi connectivity index (χ3n) is 4.79. The molecule has 0 saturated carbocycles. The number of nitrogens with zero attached hydrogens (tertiary/aromatic N) is 2. The number of carboxylic acid groups (broad SMARTS) is 1. The van der Waals surface area contributed by atoms with E-state index in [-0.39, 0.29) is 24.8 Å². The average Bonchev–Trinajstić information content (AvgIpc) is 3.21. The number of aliphatic imine (C=N–C) groups is 1. The number of hydrogen-bond acceptors (Lipinski definition) is 7. The molecule has 0 bridgehead atoms. The molecule has 0 aromatic rings. The van der Waals surface area contributed by atoms with E-state index in [1.807, 2.05) is 6.26 Å². The number of likely N-dealkylation sites (tertiary alicyclic amines) is 1. The molecule has 1 aliphatic rings. The third kappa shape index (κ3) is 9.42. The van der Waals surface area contributed by atoms with Crippen molar-refractivity contribution in [2.45, 2.75) is 50.2 Å². The molecule has 31 heavy (non-hydrogen) atoms. The van der Waals surface area contributed by atoms with E-state index in [0.29, 0.717) is 44.5 Å². The molecule has 1 rings (SSSR count). The number of thioether (sulfide) groups is 1. The minimum atomic E-state index is -1.13. The highest BCUT2D eigenvalue weighted by Crippen LogP contribution is 2.19. The molecule has 12 nitrogen and oxygen atoms in total. The largest absolute Gasteiger partial charge is 0.480 e. The van der Waals surface area contributed by atoms with Crippen LogP contribution in [0.15, 0.2) is 4.99 Å². The number of hydrogen-bond donors (Lipinski definition) is 6. The van der Waals surface area contributed by atoms with Crippen LogP contribution in [0.2, 0.25) is 0 Å². The molecule has 3 atom stereocenters. The van der Waals surface area contributed by atoms with Crippen molar-refractivity contribution in [3.8, 4) is 0 Å². The molecule has 13 heteroatoms. The number of guanidine groups is 1. The Bertz CT molecular complexity index is 672. The summed E-state index contributed by atoms with van der Waals surface area (Å²) in [4.78, 5) is 53.7. The van der Waals surface area contributed by atoms with Crippen molar-refractivity contribution < 1.29 is 24.3 Å². The Balaban J connectivity index is 2.52. The van der Waals surface area contributed by atoms with Crippen LogP contribution in [0, 0.1) is 0 Å². The topological polar surface area (TPSA) is 206 Å². The van der Waals surface area contributed by atoms with Crippen LogP contribution in [0.1, 0.15) is 32.1 Å². The van der Waals surface area contributed by atoms with Crippen LogP contribution in [0.3, 0.4) is 0 Å². The third-order valence-corrected chi connectivity index (χ3v) is 5.43. The summed E-state index contributed by atoms with van der Waals surface area (Å²) in [6.07, 6.45) is 4.12. The fraction of sp³-hybridized carbons (Fsp3) is 0.722. The van der Waals surface area contributed by atoms with Gasteiger partial charge in [0.1, 0.15) is 12.1 Å². The molecule has 9 N–H and O–H groups in total. The molecule has 0 aromatic carbocycles. The van der Waals surface area contributed by atoms with E-state index in [9.17, 15) is 19.2 Å². The molecule has 176 valence electrons. The van der Waals surface area contributed by atoms with Gasteiger partial charge < -0.3 is 37.8 Å². The fourth-order valence-electron chi connectivity index (χ4n) is 3.18. The Hall–Kier alpha value is -2.54. The van der Waals surface area contributed by atoms with Crippen LogP contribution in [-0.4, -0.2) is 89.4 Å². The van der Waals surface area contributed by atoms with E-state index in [0.717, 1.165) is 0 Å². The lowest BCUT2D eigenvalue weighted by molar-refractivity contribution is -0.142. The molecule has 1 aliphatic heterocycles. The minimum absolute atomic E-state index is 0.0286. The zero-order chi connectivity index (χ0) is 23.4. The molecule has 1 fully saturated rings. The maximum atomic E-state index is 12.6. The molecule has 3 unspecified atom stereocenters. The van der Waals surface area contributed by atoms with Crippen LogP contribution < -0.4 is 27.8 Å². The summed E-state index contributed by atoms with van der Waals surface area (Å²) in [5, 5.41) is 14.0. The Kier molecular flexibility index (Phi) is 11.7. The van der Waals surface area contributed by atoms with E-state index in [1.54, 1.807) is 0 Å². The summed E-state index contributed by atoms with van der Waals surface area (Å²) < 4.78 is 0. The maximum absolute atomic E-state index is 12.6. The standard InChI is InChI=1S/C18H33N7O5S/c1-31-9-6-12(17(29)30)24-14(26)10-23-15(27)13-5-3-8-25(13)16(28)11(19)4-2-7-22-18(20)21/h11-13H,2-10,19H2,1H3,(H,23,27)(H,24,26)(H,29,30)(H4,20,21,22). The second kappa shape index (κ2) is 13.7. The molecule has 0 aromatic heterocycles. The van der Waals surface area contributed by atoms with Gasteiger partial charge in [0.05, 0.1) is 12.6 Å². The van der Waals surface area contributed by atoms with Crippen LogP contribution in [0.25, 0.3) is 0 Å². The molecule has 0 radical (unpaired) electrons.